The molecule has 0 bridgehead atoms. The fourth-order valence-electron chi connectivity index (χ4n) is 3.89. The molecule has 142 valence electrons. The number of pyridine rings is 1. The highest BCUT2D eigenvalue weighted by atomic mass is 79.9. The number of halogens is 2. The lowest BCUT2D eigenvalue weighted by Gasteiger charge is -2.23. The van der Waals surface area contributed by atoms with Crippen molar-refractivity contribution in [3.63, 3.8) is 0 Å². The van der Waals surface area contributed by atoms with Gasteiger partial charge in [0.05, 0.1) is 11.2 Å². The molecule has 0 aliphatic carbocycles. The summed E-state index contributed by atoms with van der Waals surface area (Å²) in [5.41, 5.74) is 7.24. The smallest absolute Gasteiger partial charge is 0.0715 e. The quantitative estimate of drug-likeness (QED) is 0.261. The molecule has 0 fully saturated rings. The molecule has 3 aromatic carbocycles. The van der Waals surface area contributed by atoms with Crippen LogP contribution >= 0.6 is 31.9 Å². The lowest BCUT2D eigenvalue weighted by atomic mass is 9.82. The molecule has 0 aliphatic heterocycles. The molecule has 0 aliphatic rings. The number of alkyl halides is 2. The van der Waals surface area contributed by atoms with E-state index in [1.54, 1.807) is 0 Å². The van der Waals surface area contributed by atoms with E-state index in [1.807, 2.05) is 0 Å². The Bertz CT molecular complexity index is 1170. The predicted molar refractivity (Wildman–Crippen MR) is 129 cm³/mol. The van der Waals surface area contributed by atoms with Crippen molar-refractivity contribution in [2.24, 2.45) is 0 Å². The maximum absolute atomic E-state index is 5.05. The molecule has 0 N–H and O–H groups in total. The van der Waals surface area contributed by atoms with Crippen LogP contribution in [0.4, 0.5) is 0 Å². The van der Waals surface area contributed by atoms with E-state index in [0.29, 0.717) is 0 Å². The van der Waals surface area contributed by atoms with E-state index in [-0.39, 0.29) is 5.41 Å². The van der Waals surface area contributed by atoms with Crippen LogP contribution in [-0.4, -0.2) is 4.98 Å². The van der Waals surface area contributed by atoms with E-state index >= 15 is 0 Å². The Morgan fingerprint density at radius 1 is 0.821 bits per heavy atom. The van der Waals surface area contributed by atoms with Crippen LogP contribution in [0.3, 0.4) is 0 Å². The van der Waals surface area contributed by atoms with Gasteiger partial charge in [0, 0.05) is 21.6 Å². The van der Waals surface area contributed by atoms with Crippen LogP contribution in [0.25, 0.3) is 32.9 Å². The largest absolute Gasteiger partial charge is 0.248 e. The number of hydrogen-bond acceptors (Lipinski definition) is 1. The fraction of sp³-hybridized carbons (Fsp3) is 0.240. The lowest BCUT2D eigenvalue weighted by Crippen LogP contribution is -2.12. The van der Waals surface area contributed by atoms with Gasteiger partial charge in [-0.2, -0.15) is 0 Å². The molecule has 4 rings (SSSR count). The SMILES string of the molecule is CC(C)(C)c1cc(-c2cc(CBr)c3c(CBr)cccc3n2)cc2ccccc12. The van der Waals surface area contributed by atoms with Gasteiger partial charge >= 0.3 is 0 Å². The van der Waals surface area contributed by atoms with Gasteiger partial charge in [-0.1, -0.05) is 89.0 Å². The number of benzene rings is 3. The van der Waals surface area contributed by atoms with E-state index in [1.165, 1.54) is 38.4 Å². The number of rotatable bonds is 3. The molecule has 1 nitrogen and oxygen atoms in total. The second-order valence-electron chi connectivity index (χ2n) is 8.24. The van der Waals surface area contributed by atoms with E-state index in [9.17, 15) is 0 Å². The Hall–Kier alpha value is -1.71. The average Bonchev–Trinajstić information content (AvgIpc) is 2.70. The topological polar surface area (TPSA) is 12.9 Å². The normalized spacial score (nSPS) is 12.0. The first kappa shape index (κ1) is 19.6. The van der Waals surface area contributed by atoms with Crippen LogP contribution in [0.5, 0.6) is 0 Å². The Kier molecular flexibility index (Phi) is 5.32. The predicted octanol–water partition coefficient (Wildman–Crippen LogP) is 8.14. The minimum atomic E-state index is 0.0633. The van der Waals surface area contributed by atoms with Crippen molar-refractivity contribution in [1.29, 1.82) is 0 Å². The zero-order chi connectivity index (χ0) is 19.9. The molecule has 28 heavy (non-hydrogen) atoms. The average molecular weight is 497 g/mol. The molecule has 3 heteroatoms. The molecular formula is C25H23Br2N. The molecule has 0 spiro atoms. The van der Waals surface area contributed by atoms with Crippen molar-refractivity contribution in [3.05, 3.63) is 77.4 Å². The first-order valence-corrected chi connectivity index (χ1v) is 11.7. The maximum atomic E-state index is 5.05. The van der Waals surface area contributed by atoms with E-state index in [4.69, 9.17) is 4.98 Å². The summed E-state index contributed by atoms with van der Waals surface area (Å²) in [6.07, 6.45) is 0. The molecule has 0 atom stereocenters. The van der Waals surface area contributed by atoms with Crippen LogP contribution in [0.15, 0.2) is 60.7 Å². The van der Waals surface area contributed by atoms with Gasteiger partial charge in [-0.25, -0.2) is 4.98 Å². The summed E-state index contributed by atoms with van der Waals surface area (Å²) in [7, 11) is 0. The number of hydrogen-bond donors (Lipinski definition) is 0. The highest BCUT2D eigenvalue weighted by molar-refractivity contribution is 9.08. The summed E-state index contributed by atoms with van der Waals surface area (Å²) >= 11 is 7.31. The summed E-state index contributed by atoms with van der Waals surface area (Å²) in [6, 6.07) is 21.8. The minimum absolute atomic E-state index is 0.0633. The van der Waals surface area contributed by atoms with Gasteiger partial charge in [0.15, 0.2) is 0 Å². The van der Waals surface area contributed by atoms with Gasteiger partial charge in [0.1, 0.15) is 0 Å². The Morgan fingerprint density at radius 2 is 1.57 bits per heavy atom. The summed E-state index contributed by atoms with van der Waals surface area (Å²) in [5.74, 6) is 0. The van der Waals surface area contributed by atoms with Crippen molar-refractivity contribution in [1.82, 2.24) is 4.98 Å². The second kappa shape index (κ2) is 7.61. The standard InChI is InChI=1S/C25H23Br2N/c1-25(2,3)21-12-18(11-16-7-4-5-9-20(16)21)23-13-19(15-27)24-17(14-26)8-6-10-22(24)28-23/h4-13H,14-15H2,1-3H3. The van der Waals surface area contributed by atoms with E-state index in [2.05, 4.69) is 113 Å². The summed E-state index contributed by atoms with van der Waals surface area (Å²) < 4.78 is 0. The first-order valence-electron chi connectivity index (χ1n) is 9.49. The molecular weight excluding hydrogens is 474 g/mol. The fourth-order valence-corrected chi connectivity index (χ4v) is 4.80. The molecule has 0 unspecified atom stereocenters. The van der Waals surface area contributed by atoms with Gasteiger partial charge in [-0.15, -0.1) is 0 Å². The molecule has 0 saturated heterocycles. The summed E-state index contributed by atoms with van der Waals surface area (Å²) in [6.45, 7) is 6.83. The van der Waals surface area contributed by atoms with Gasteiger partial charge in [-0.3, -0.25) is 0 Å². The van der Waals surface area contributed by atoms with Gasteiger partial charge in [0.25, 0.3) is 0 Å². The molecule has 1 heterocycles. The summed E-state index contributed by atoms with van der Waals surface area (Å²) in [5, 5.41) is 5.47. The monoisotopic (exact) mass is 495 g/mol. The maximum Gasteiger partial charge on any atom is 0.0715 e. The third-order valence-electron chi connectivity index (χ3n) is 5.26. The lowest BCUT2D eigenvalue weighted by molar-refractivity contribution is 0.596. The number of fused-ring (bicyclic) bond motifs is 2. The van der Waals surface area contributed by atoms with Crippen LogP contribution in [-0.2, 0) is 16.1 Å². The third-order valence-corrected chi connectivity index (χ3v) is 6.46. The highest BCUT2D eigenvalue weighted by Gasteiger charge is 2.19. The van der Waals surface area contributed by atoms with Gasteiger partial charge < -0.3 is 0 Å². The Labute approximate surface area is 183 Å². The first-order chi connectivity index (χ1) is 13.4. The molecule has 0 saturated carbocycles. The van der Waals surface area contributed by atoms with E-state index < -0.39 is 0 Å². The van der Waals surface area contributed by atoms with Gasteiger partial charge in [0.2, 0.25) is 0 Å². The van der Waals surface area contributed by atoms with Crippen molar-refractivity contribution in [2.45, 2.75) is 36.8 Å². The Balaban J connectivity index is 2.02. The Morgan fingerprint density at radius 3 is 2.29 bits per heavy atom. The van der Waals surface area contributed by atoms with Crippen LogP contribution in [0.1, 0.15) is 37.5 Å². The minimum Gasteiger partial charge on any atom is -0.248 e. The zero-order valence-electron chi connectivity index (χ0n) is 16.4. The van der Waals surface area contributed by atoms with Crippen molar-refractivity contribution in [3.8, 4) is 11.3 Å². The number of aromatic nitrogens is 1. The van der Waals surface area contributed by atoms with Crippen molar-refractivity contribution in [2.75, 3.05) is 0 Å². The van der Waals surface area contributed by atoms with Gasteiger partial charge in [-0.05, 0) is 57.1 Å². The molecule has 1 aromatic heterocycles. The second-order valence-corrected chi connectivity index (χ2v) is 9.36. The molecule has 4 aromatic rings. The molecule has 0 amide bonds. The molecule has 0 radical (unpaired) electrons. The summed E-state index contributed by atoms with van der Waals surface area (Å²) in [4.78, 5) is 5.05. The zero-order valence-corrected chi connectivity index (χ0v) is 19.6. The van der Waals surface area contributed by atoms with Crippen molar-refractivity contribution >= 4 is 53.5 Å². The van der Waals surface area contributed by atoms with Crippen LogP contribution < -0.4 is 0 Å². The van der Waals surface area contributed by atoms with Crippen molar-refractivity contribution < 1.29 is 0 Å². The number of nitrogens with zero attached hydrogens (tertiary/aromatic N) is 1. The van der Waals surface area contributed by atoms with Crippen LogP contribution in [0, 0.1) is 0 Å². The van der Waals surface area contributed by atoms with E-state index in [0.717, 1.165) is 21.9 Å². The third kappa shape index (κ3) is 3.51. The highest BCUT2D eigenvalue weighted by Crippen LogP contribution is 2.36. The van der Waals surface area contributed by atoms with Crippen LogP contribution in [0.2, 0.25) is 0 Å².